The lowest BCUT2D eigenvalue weighted by Gasteiger charge is -2.02. The van der Waals surface area contributed by atoms with Crippen molar-refractivity contribution >= 4 is 5.97 Å². The molecule has 0 aliphatic rings. The van der Waals surface area contributed by atoms with E-state index in [0.29, 0.717) is 13.0 Å². The van der Waals surface area contributed by atoms with Crippen LogP contribution in [0.4, 0.5) is 0 Å². The summed E-state index contributed by atoms with van der Waals surface area (Å²) in [6.07, 6.45) is 1.40. The van der Waals surface area contributed by atoms with Crippen molar-refractivity contribution in [1.82, 2.24) is 0 Å². The molecule has 2 heteroatoms. The largest absolute Gasteiger partial charge is 0.466 e. The second kappa shape index (κ2) is 8.96. The van der Waals surface area contributed by atoms with E-state index < -0.39 is 0 Å². The number of benzene rings is 1. The Morgan fingerprint density at radius 3 is 2.00 bits per heavy atom. The summed E-state index contributed by atoms with van der Waals surface area (Å²) in [6, 6.07) is 8.06. The number of ether oxygens (including phenoxy) is 1. The first-order chi connectivity index (χ1) is 7.76. The van der Waals surface area contributed by atoms with Crippen LogP contribution >= 0.6 is 0 Å². The van der Waals surface area contributed by atoms with Gasteiger partial charge in [-0.25, -0.2) is 0 Å². The van der Waals surface area contributed by atoms with Gasteiger partial charge in [0.1, 0.15) is 0 Å². The van der Waals surface area contributed by atoms with E-state index in [1.807, 2.05) is 32.9 Å². The lowest BCUT2D eigenvalue weighted by atomic mass is 10.1. The molecule has 0 heterocycles. The summed E-state index contributed by atoms with van der Waals surface area (Å²) in [5.41, 5.74) is 2.30. The first kappa shape index (κ1) is 14.7. The molecule has 0 aliphatic heterocycles. The summed E-state index contributed by atoms with van der Waals surface area (Å²) < 4.78 is 4.86. The highest BCUT2D eigenvalue weighted by Gasteiger charge is 2.02. The molecule has 0 atom stereocenters. The average molecular weight is 222 g/mol. The zero-order valence-corrected chi connectivity index (χ0v) is 10.7. The zero-order valence-electron chi connectivity index (χ0n) is 10.7. The number of rotatable bonds is 4. The Morgan fingerprint density at radius 2 is 1.56 bits per heavy atom. The number of esters is 1. The first-order valence-electron chi connectivity index (χ1n) is 5.99. The minimum absolute atomic E-state index is 0.156. The van der Waals surface area contributed by atoms with Crippen LogP contribution in [0.15, 0.2) is 24.3 Å². The van der Waals surface area contributed by atoms with Gasteiger partial charge in [-0.3, -0.25) is 4.79 Å². The number of aryl methyl sites for hydroxylation is 1. The third kappa shape index (κ3) is 5.54. The molecule has 0 fully saturated rings. The molecule has 2 nitrogen and oxygen atoms in total. The minimum atomic E-state index is -0.156. The third-order valence-corrected chi connectivity index (χ3v) is 2.09. The van der Waals surface area contributed by atoms with Gasteiger partial charge in [0.25, 0.3) is 0 Å². The fourth-order valence-electron chi connectivity index (χ4n) is 1.27. The fourth-order valence-corrected chi connectivity index (χ4v) is 1.27. The predicted molar refractivity (Wildman–Crippen MR) is 67.5 cm³/mol. The normalized spacial score (nSPS) is 9.00. The summed E-state index contributed by atoms with van der Waals surface area (Å²) in [7, 11) is 0. The van der Waals surface area contributed by atoms with Gasteiger partial charge in [-0.2, -0.15) is 0 Å². The van der Waals surface area contributed by atoms with Gasteiger partial charge in [0.05, 0.1) is 13.0 Å². The van der Waals surface area contributed by atoms with Crippen LogP contribution in [0.5, 0.6) is 0 Å². The highest BCUT2D eigenvalue weighted by atomic mass is 16.5. The van der Waals surface area contributed by atoms with Crippen LogP contribution in [0.25, 0.3) is 0 Å². The molecule has 1 aromatic rings. The van der Waals surface area contributed by atoms with Gasteiger partial charge in [-0.1, -0.05) is 45.0 Å². The summed E-state index contributed by atoms with van der Waals surface area (Å²) in [6.45, 7) is 8.38. The summed E-state index contributed by atoms with van der Waals surface area (Å²) in [5, 5.41) is 0. The molecule has 0 unspecified atom stereocenters. The van der Waals surface area contributed by atoms with Crippen molar-refractivity contribution in [2.24, 2.45) is 0 Å². The maximum atomic E-state index is 11.1. The highest BCUT2D eigenvalue weighted by Crippen LogP contribution is 2.06. The fraction of sp³-hybridized carbons (Fsp3) is 0.500. The van der Waals surface area contributed by atoms with E-state index in [1.165, 1.54) is 5.56 Å². The topological polar surface area (TPSA) is 26.3 Å². The van der Waals surface area contributed by atoms with Crippen molar-refractivity contribution < 1.29 is 9.53 Å². The molecule has 0 N–H and O–H groups in total. The van der Waals surface area contributed by atoms with Crippen molar-refractivity contribution in [2.45, 2.75) is 40.5 Å². The highest BCUT2D eigenvalue weighted by molar-refractivity contribution is 5.72. The molecule has 0 radical (unpaired) electrons. The molecular formula is C14H22O2. The van der Waals surface area contributed by atoms with Crippen LogP contribution in [0.2, 0.25) is 0 Å². The molecule has 0 aromatic heterocycles. The molecule has 0 saturated carbocycles. The summed E-state index contributed by atoms with van der Waals surface area (Å²) >= 11 is 0. The molecule has 0 aliphatic carbocycles. The first-order valence-corrected chi connectivity index (χ1v) is 5.99. The van der Waals surface area contributed by atoms with Crippen LogP contribution in [-0.2, 0) is 22.4 Å². The summed E-state index contributed by atoms with van der Waals surface area (Å²) in [5.74, 6) is -0.156. The van der Waals surface area contributed by atoms with Gasteiger partial charge in [0.2, 0.25) is 0 Å². The molecule has 0 bridgehead atoms. The van der Waals surface area contributed by atoms with Crippen molar-refractivity contribution in [2.75, 3.05) is 6.61 Å². The third-order valence-electron chi connectivity index (χ3n) is 2.09. The maximum Gasteiger partial charge on any atom is 0.310 e. The van der Waals surface area contributed by atoms with E-state index in [-0.39, 0.29) is 5.97 Å². The van der Waals surface area contributed by atoms with E-state index in [9.17, 15) is 4.79 Å². The number of hydrogen-bond donors (Lipinski definition) is 0. The molecule has 0 amide bonds. The lowest BCUT2D eigenvalue weighted by Crippen LogP contribution is -2.07. The van der Waals surface area contributed by atoms with Crippen molar-refractivity contribution in [3.05, 3.63) is 35.4 Å². The van der Waals surface area contributed by atoms with Crippen LogP contribution in [-0.4, -0.2) is 12.6 Å². The molecule has 90 valence electrons. The second-order valence-corrected chi connectivity index (χ2v) is 3.15. The van der Waals surface area contributed by atoms with Crippen molar-refractivity contribution in [3.8, 4) is 0 Å². The Bertz CT molecular complexity index is 288. The van der Waals surface area contributed by atoms with Gasteiger partial charge in [0, 0.05) is 0 Å². The smallest absolute Gasteiger partial charge is 0.310 e. The van der Waals surface area contributed by atoms with E-state index in [4.69, 9.17) is 4.74 Å². The predicted octanol–water partition coefficient (Wildman–Crippen LogP) is 3.38. The quantitative estimate of drug-likeness (QED) is 0.730. The van der Waals surface area contributed by atoms with E-state index in [1.54, 1.807) is 0 Å². The zero-order chi connectivity index (χ0) is 12.4. The Kier molecular flexibility index (Phi) is 8.22. The van der Waals surface area contributed by atoms with Crippen LogP contribution in [0.1, 0.15) is 38.8 Å². The molecule has 0 saturated heterocycles. The molecule has 16 heavy (non-hydrogen) atoms. The van der Waals surface area contributed by atoms with Gasteiger partial charge < -0.3 is 4.74 Å². The monoisotopic (exact) mass is 222 g/mol. The van der Waals surface area contributed by atoms with E-state index in [2.05, 4.69) is 19.1 Å². The molecular weight excluding hydrogens is 200 g/mol. The Hall–Kier alpha value is -1.31. The van der Waals surface area contributed by atoms with Gasteiger partial charge in [0.15, 0.2) is 0 Å². The maximum absolute atomic E-state index is 11.1. The van der Waals surface area contributed by atoms with E-state index in [0.717, 1.165) is 12.0 Å². The molecule has 0 spiro atoms. The average Bonchev–Trinajstić information content (AvgIpc) is 2.33. The van der Waals surface area contributed by atoms with Crippen LogP contribution < -0.4 is 0 Å². The van der Waals surface area contributed by atoms with Crippen molar-refractivity contribution in [3.63, 3.8) is 0 Å². The van der Waals surface area contributed by atoms with Crippen LogP contribution in [0, 0.1) is 0 Å². The Balaban J connectivity index is 0.00000106. The lowest BCUT2D eigenvalue weighted by molar-refractivity contribution is -0.142. The van der Waals surface area contributed by atoms with Crippen molar-refractivity contribution in [1.29, 1.82) is 0 Å². The van der Waals surface area contributed by atoms with Crippen LogP contribution in [0.3, 0.4) is 0 Å². The standard InChI is InChI=1S/C12H16O2.C2H6/c1-3-10-5-7-11(8-6-10)9-12(13)14-4-2;1-2/h5-8H,3-4,9H2,1-2H3;1-2H3. The second-order valence-electron chi connectivity index (χ2n) is 3.15. The number of carbonyl (C=O) groups excluding carboxylic acids is 1. The SMILES string of the molecule is CC.CCOC(=O)Cc1ccc(CC)cc1. The Morgan fingerprint density at radius 1 is 1.06 bits per heavy atom. The molecule has 1 rings (SSSR count). The van der Waals surface area contributed by atoms with E-state index >= 15 is 0 Å². The van der Waals surface area contributed by atoms with Gasteiger partial charge in [-0.15, -0.1) is 0 Å². The summed E-state index contributed by atoms with van der Waals surface area (Å²) in [4.78, 5) is 11.1. The minimum Gasteiger partial charge on any atom is -0.466 e. The Labute approximate surface area is 98.6 Å². The number of carbonyl (C=O) groups is 1. The molecule has 1 aromatic carbocycles. The van der Waals surface area contributed by atoms with Gasteiger partial charge >= 0.3 is 5.97 Å². The van der Waals surface area contributed by atoms with Gasteiger partial charge in [-0.05, 0) is 24.5 Å². The number of hydrogen-bond acceptors (Lipinski definition) is 2.